The highest BCUT2D eigenvalue weighted by atomic mass is 16.3. The van der Waals surface area contributed by atoms with Crippen molar-refractivity contribution >= 4 is 17.2 Å². The summed E-state index contributed by atoms with van der Waals surface area (Å²) in [6, 6.07) is 9.60. The zero-order chi connectivity index (χ0) is 20.4. The molecule has 0 fully saturated rings. The van der Waals surface area contributed by atoms with Crippen LogP contribution >= 0.6 is 0 Å². The number of phenolic OH excluding ortho intramolecular Hbond substituents is 1. The minimum atomic E-state index is -0.389. The number of carbonyl (C=O) groups is 1. The van der Waals surface area contributed by atoms with Crippen LogP contribution in [-0.4, -0.2) is 29.5 Å². The van der Waals surface area contributed by atoms with Crippen molar-refractivity contribution in [3.8, 4) is 5.75 Å². The molecule has 0 aliphatic heterocycles. The monoisotopic (exact) mass is 391 g/mol. The summed E-state index contributed by atoms with van der Waals surface area (Å²) in [4.78, 5) is 29.5. The Morgan fingerprint density at radius 2 is 1.97 bits per heavy atom. The van der Waals surface area contributed by atoms with E-state index in [-0.39, 0.29) is 22.9 Å². The van der Waals surface area contributed by atoms with Crippen molar-refractivity contribution in [2.24, 2.45) is 0 Å². The van der Waals surface area contributed by atoms with E-state index in [2.05, 4.69) is 10.3 Å². The second-order valence-corrected chi connectivity index (χ2v) is 6.93. The van der Waals surface area contributed by atoms with Crippen LogP contribution < -0.4 is 10.9 Å². The highest BCUT2D eigenvalue weighted by Crippen LogP contribution is 2.17. The standard InChI is InChI=1S/C21H21N5O3/c1-15-11-19-25(9-2-8-24-10-7-22-14-24)13-18(26(19)20(28)12-15)21(29)23-16-3-5-17(27)6-4-16/h3-7,10-14,27H,2,8-9H2,1H3,(H,23,29). The fraction of sp³-hybridized carbons (Fsp3) is 0.190. The van der Waals surface area contributed by atoms with E-state index in [1.807, 2.05) is 28.3 Å². The van der Waals surface area contributed by atoms with E-state index in [0.717, 1.165) is 18.5 Å². The summed E-state index contributed by atoms with van der Waals surface area (Å²) in [6.07, 6.45) is 7.93. The molecule has 0 saturated heterocycles. The number of anilines is 1. The highest BCUT2D eigenvalue weighted by Gasteiger charge is 2.17. The number of amides is 1. The van der Waals surface area contributed by atoms with Crippen LogP contribution in [0.2, 0.25) is 0 Å². The molecule has 1 aromatic carbocycles. The van der Waals surface area contributed by atoms with E-state index in [0.29, 0.717) is 17.9 Å². The summed E-state index contributed by atoms with van der Waals surface area (Å²) >= 11 is 0. The molecule has 1 amide bonds. The van der Waals surface area contributed by atoms with Gasteiger partial charge in [-0.3, -0.25) is 14.0 Å². The van der Waals surface area contributed by atoms with Gasteiger partial charge in [-0.2, -0.15) is 0 Å². The number of phenols is 1. The van der Waals surface area contributed by atoms with Crippen LogP contribution in [0.3, 0.4) is 0 Å². The first kappa shape index (κ1) is 18.5. The van der Waals surface area contributed by atoms with Gasteiger partial charge in [0.15, 0.2) is 0 Å². The smallest absolute Gasteiger partial charge is 0.274 e. The summed E-state index contributed by atoms with van der Waals surface area (Å²) in [5.41, 5.74) is 2.07. The number of fused-ring (bicyclic) bond motifs is 1. The molecule has 4 rings (SSSR count). The summed E-state index contributed by atoms with van der Waals surface area (Å²) in [6.45, 7) is 3.30. The number of carbonyl (C=O) groups excluding carboxylic acids is 1. The summed E-state index contributed by atoms with van der Waals surface area (Å²) in [5.74, 6) is -0.274. The fourth-order valence-electron chi connectivity index (χ4n) is 3.33. The number of hydrogen-bond acceptors (Lipinski definition) is 4. The molecule has 3 heterocycles. The molecule has 0 aliphatic carbocycles. The van der Waals surface area contributed by atoms with Gasteiger partial charge in [0, 0.05) is 43.4 Å². The number of imidazole rings is 2. The van der Waals surface area contributed by atoms with Crippen molar-refractivity contribution in [2.45, 2.75) is 26.4 Å². The van der Waals surface area contributed by atoms with Gasteiger partial charge < -0.3 is 19.6 Å². The van der Waals surface area contributed by atoms with Crippen LogP contribution in [0.15, 0.2) is 66.1 Å². The third-order valence-corrected chi connectivity index (χ3v) is 4.70. The second kappa shape index (κ2) is 7.67. The Kier molecular flexibility index (Phi) is 4.90. The molecule has 0 radical (unpaired) electrons. The molecule has 0 spiro atoms. The fourth-order valence-corrected chi connectivity index (χ4v) is 3.33. The number of pyridine rings is 1. The lowest BCUT2D eigenvalue weighted by Crippen LogP contribution is -2.21. The maximum absolute atomic E-state index is 12.9. The van der Waals surface area contributed by atoms with Crippen LogP contribution in [0.1, 0.15) is 22.5 Å². The van der Waals surface area contributed by atoms with Crippen molar-refractivity contribution in [2.75, 3.05) is 5.32 Å². The predicted octanol–water partition coefficient (Wildman–Crippen LogP) is 2.65. The molecule has 0 saturated carbocycles. The molecule has 2 N–H and O–H groups in total. The zero-order valence-electron chi connectivity index (χ0n) is 15.9. The van der Waals surface area contributed by atoms with E-state index in [4.69, 9.17) is 0 Å². The maximum Gasteiger partial charge on any atom is 0.274 e. The zero-order valence-corrected chi connectivity index (χ0v) is 15.9. The van der Waals surface area contributed by atoms with Crippen LogP contribution in [0.25, 0.3) is 5.65 Å². The van der Waals surface area contributed by atoms with Crippen molar-refractivity contribution in [1.29, 1.82) is 0 Å². The Labute approximate surface area is 166 Å². The Morgan fingerprint density at radius 1 is 1.17 bits per heavy atom. The number of hydrogen-bond donors (Lipinski definition) is 2. The van der Waals surface area contributed by atoms with Crippen molar-refractivity contribution in [3.63, 3.8) is 0 Å². The van der Waals surface area contributed by atoms with Gasteiger partial charge in [0.1, 0.15) is 17.1 Å². The predicted molar refractivity (Wildman–Crippen MR) is 109 cm³/mol. The molecule has 0 unspecified atom stereocenters. The Balaban J connectivity index is 1.64. The second-order valence-electron chi connectivity index (χ2n) is 6.93. The summed E-state index contributed by atoms with van der Waals surface area (Å²) in [7, 11) is 0. The van der Waals surface area contributed by atoms with Crippen molar-refractivity contribution in [1.82, 2.24) is 18.5 Å². The Bertz CT molecular complexity index is 1200. The minimum absolute atomic E-state index is 0.115. The first-order valence-electron chi connectivity index (χ1n) is 9.30. The summed E-state index contributed by atoms with van der Waals surface area (Å²) in [5, 5.41) is 12.2. The molecule has 0 aliphatic rings. The molecule has 29 heavy (non-hydrogen) atoms. The molecule has 0 bridgehead atoms. The van der Waals surface area contributed by atoms with Gasteiger partial charge in [-0.25, -0.2) is 4.98 Å². The van der Waals surface area contributed by atoms with Gasteiger partial charge in [0.05, 0.1) is 6.33 Å². The first-order chi connectivity index (χ1) is 14.0. The largest absolute Gasteiger partial charge is 0.508 e. The van der Waals surface area contributed by atoms with E-state index in [1.54, 1.807) is 30.9 Å². The number of nitrogens with one attached hydrogen (secondary N) is 1. The highest BCUT2D eigenvalue weighted by molar-refractivity contribution is 6.03. The van der Waals surface area contributed by atoms with E-state index in [9.17, 15) is 14.7 Å². The van der Waals surface area contributed by atoms with Gasteiger partial charge in [0.25, 0.3) is 11.5 Å². The third-order valence-electron chi connectivity index (χ3n) is 4.70. The molecule has 3 aromatic heterocycles. The van der Waals surface area contributed by atoms with Gasteiger partial charge in [-0.1, -0.05) is 0 Å². The van der Waals surface area contributed by atoms with E-state index >= 15 is 0 Å². The van der Waals surface area contributed by atoms with Crippen LogP contribution in [-0.2, 0) is 13.1 Å². The first-order valence-corrected chi connectivity index (χ1v) is 9.30. The Morgan fingerprint density at radius 3 is 2.69 bits per heavy atom. The molecular formula is C21H21N5O3. The number of benzene rings is 1. The molecule has 8 heteroatoms. The summed E-state index contributed by atoms with van der Waals surface area (Å²) < 4.78 is 5.35. The average Bonchev–Trinajstić information content (AvgIpc) is 3.32. The molecule has 148 valence electrons. The van der Waals surface area contributed by atoms with E-state index in [1.165, 1.54) is 22.6 Å². The number of nitrogens with zero attached hydrogens (tertiary/aromatic N) is 4. The molecular weight excluding hydrogens is 370 g/mol. The lowest BCUT2D eigenvalue weighted by atomic mass is 10.3. The van der Waals surface area contributed by atoms with Gasteiger partial charge >= 0.3 is 0 Å². The SMILES string of the molecule is Cc1cc(=O)n2c(C(=O)Nc3ccc(O)cc3)cn(CCCn3ccnc3)c2c1. The Hall–Kier alpha value is -3.81. The topological polar surface area (TPSA) is 93.6 Å². The third kappa shape index (κ3) is 3.91. The lowest BCUT2D eigenvalue weighted by molar-refractivity contribution is 0.102. The van der Waals surface area contributed by atoms with Crippen LogP contribution in [0.4, 0.5) is 5.69 Å². The maximum atomic E-state index is 12.9. The quantitative estimate of drug-likeness (QED) is 0.494. The van der Waals surface area contributed by atoms with E-state index < -0.39 is 0 Å². The number of aromatic hydroxyl groups is 1. The molecule has 8 nitrogen and oxygen atoms in total. The van der Waals surface area contributed by atoms with Crippen molar-refractivity contribution in [3.05, 3.63) is 82.9 Å². The number of rotatable bonds is 6. The van der Waals surface area contributed by atoms with Gasteiger partial charge in [0.2, 0.25) is 0 Å². The molecule has 4 aromatic rings. The lowest BCUT2D eigenvalue weighted by Gasteiger charge is -2.06. The van der Waals surface area contributed by atoms with Crippen LogP contribution in [0.5, 0.6) is 5.75 Å². The average molecular weight is 391 g/mol. The number of aryl methyl sites for hydroxylation is 3. The van der Waals surface area contributed by atoms with Gasteiger partial charge in [-0.15, -0.1) is 0 Å². The van der Waals surface area contributed by atoms with Crippen molar-refractivity contribution < 1.29 is 9.90 Å². The minimum Gasteiger partial charge on any atom is -0.508 e. The normalized spacial score (nSPS) is 11.1. The van der Waals surface area contributed by atoms with Gasteiger partial charge in [-0.05, 0) is 49.2 Å². The van der Waals surface area contributed by atoms with Crippen LogP contribution in [0, 0.1) is 6.92 Å². The number of aromatic nitrogens is 4. The molecule has 0 atom stereocenters.